The highest BCUT2D eigenvalue weighted by molar-refractivity contribution is 5.84. The van der Waals surface area contributed by atoms with E-state index in [1.54, 1.807) is 0 Å². The molecule has 1 aromatic carbocycles. The predicted molar refractivity (Wildman–Crippen MR) is 108 cm³/mol. The Morgan fingerprint density at radius 3 is 2.76 bits per heavy atom. The van der Waals surface area contributed by atoms with Gasteiger partial charge in [-0.2, -0.15) is 13.2 Å². The summed E-state index contributed by atoms with van der Waals surface area (Å²) in [5, 5.41) is 4.45. The van der Waals surface area contributed by atoms with E-state index in [4.69, 9.17) is 4.74 Å². The van der Waals surface area contributed by atoms with E-state index in [0.29, 0.717) is 25.7 Å². The number of ether oxygens (including phenoxy) is 1. The zero-order chi connectivity index (χ0) is 20.4. The number of nitrogens with one attached hydrogen (secondary N) is 1. The molecule has 1 saturated heterocycles. The lowest BCUT2D eigenvalue weighted by Gasteiger charge is -2.34. The Hall–Kier alpha value is -1.99. The fourth-order valence-corrected chi connectivity index (χ4v) is 4.08. The molecule has 1 aromatic heterocycles. The molecule has 0 spiro atoms. The van der Waals surface area contributed by atoms with Crippen LogP contribution in [0.3, 0.4) is 0 Å². The molecule has 0 bridgehead atoms. The second-order valence-electron chi connectivity index (χ2n) is 8.00. The quantitative estimate of drug-likeness (QED) is 0.701. The SMILES string of the molecule is C=C(C1CNCCO1)N(Cc1cn(CCCC(F)(F)F)c2ccccc12)C1CC1. The van der Waals surface area contributed by atoms with Crippen LogP contribution in [-0.2, 0) is 17.8 Å². The van der Waals surface area contributed by atoms with Crippen molar-refractivity contribution < 1.29 is 17.9 Å². The summed E-state index contributed by atoms with van der Waals surface area (Å²) in [6.45, 7) is 7.70. The number of alkyl halides is 3. The molecule has 1 aliphatic carbocycles. The van der Waals surface area contributed by atoms with Gasteiger partial charge in [-0.25, -0.2) is 0 Å². The third kappa shape index (κ3) is 4.95. The standard InChI is InChI=1S/C22H28F3N3O/c1-16(21-13-26-10-12-29-21)28(18-7-8-18)15-17-14-27(11-4-9-22(23,24)25)20-6-3-2-5-19(17)20/h2-3,5-6,14,18,21,26H,1,4,7-13,15H2. The summed E-state index contributed by atoms with van der Waals surface area (Å²) < 4.78 is 45.6. The van der Waals surface area contributed by atoms with Crippen LogP contribution in [0.15, 0.2) is 42.7 Å². The topological polar surface area (TPSA) is 29.4 Å². The Labute approximate surface area is 169 Å². The number of aromatic nitrogens is 1. The van der Waals surface area contributed by atoms with Crippen molar-refractivity contribution >= 4 is 10.9 Å². The van der Waals surface area contributed by atoms with Crippen molar-refractivity contribution in [2.24, 2.45) is 0 Å². The number of morpholine rings is 1. The van der Waals surface area contributed by atoms with E-state index < -0.39 is 12.6 Å². The Balaban J connectivity index is 1.53. The van der Waals surface area contributed by atoms with E-state index >= 15 is 0 Å². The van der Waals surface area contributed by atoms with Crippen LogP contribution in [0.25, 0.3) is 10.9 Å². The van der Waals surface area contributed by atoms with Gasteiger partial charge in [-0.1, -0.05) is 24.8 Å². The number of para-hydroxylation sites is 1. The van der Waals surface area contributed by atoms with Gasteiger partial charge in [0.1, 0.15) is 6.10 Å². The number of hydrogen-bond donors (Lipinski definition) is 1. The summed E-state index contributed by atoms with van der Waals surface area (Å²) in [5.41, 5.74) is 3.11. The lowest BCUT2D eigenvalue weighted by molar-refractivity contribution is -0.135. The van der Waals surface area contributed by atoms with Gasteiger partial charge in [0.25, 0.3) is 0 Å². The summed E-state index contributed by atoms with van der Waals surface area (Å²) in [6.07, 6.45) is -0.505. The largest absolute Gasteiger partial charge is 0.389 e. The minimum Gasteiger partial charge on any atom is -0.369 e. The maximum Gasteiger partial charge on any atom is 0.389 e. The maximum absolute atomic E-state index is 12.6. The van der Waals surface area contributed by atoms with Crippen LogP contribution >= 0.6 is 0 Å². The van der Waals surface area contributed by atoms with Crippen LogP contribution in [0.4, 0.5) is 13.2 Å². The molecule has 158 valence electrons. The molecular weight excluding hydrogens is 379 g/mol. The van der Waals surface area contributed by atoms with Crippen LogP contribution in [0.5, 0.6) is 0 Å². The molecule has 2 fully saturated rings. The van der Waals surface area contributed by atoms with Crippen LogP contribution in [-0.4, -0.2) is 47.5 Å². The minimum absolute atomic E-state index is 0.0236. The first-order chi connectivity index (χ1) is 13.9. The Morgan fingerprint density at radius 2 is 2.07 bits per heavy atom. The lowest BCUT2D eigenvalue weighted by atomic mass is 10.1. The Bertz CT molecular complexity index is 851. The van der Waals surface area contributed by atoms with E-state index in [-0.39, 0.29) is 12.5 Å². The highest BCUT2D eigenvalue weighted by Crippen LogP contribution is 2.34. The van der Waals surface area contributed by atoms with E-state index in [0.717, 1.165) is 48.1 Å². The highest BCUT2D eigenvalue weighted by Gasteiger charge is 2.34. The first kappa shape index (κ1) is 20.3. The van der Waals surface area contributed by atoms with Gasteiger partial charge < -0.3 is 19.5 Å². The zero-order valence-corrected chi connectivity index (χ0v) is 16.5. The molecule has 2 heterocycles. The summed E-state index contributed by atoms with van der Waals surface area (Å²) >= 11 is 0. The zero-order valence-electron chi connectivity index (χ0n) is 16.5. The Kier molecular flexibility index (Phi) is 5.88. The molecule has 1 unspecified atom stereocenters. The van der Waals surface area contributed by atoms with E-state index in [1.165, 1.54) is 0 Å². The van der Waals surface area contributed by atoms with Gasteiger partial charge in [0.15, 0.2) is 0 Å². The smallest absolute Gasteiger partial charge is 0.369 e. The van der Waals surface area contributed by atoms with Crippen LogP contribution < -0.4 is 5.32 Å². The van der Waals surface area contributed by atoms with Gasteiger partial charge in [-0.15, -0.1) is 0 Å². The number of aryl methyl sites for hydroxylation is 1. The molecule has 4 nitrogen and oxygen atoms in total. The summed E-state index contributed by atoms with van der Waals surface area (Å²) in [4.78, 5) is 2.33. The van der Waals surface area contributed by atoms with Crippen LogP contribution in [0.1, 0.15) is 31.2 Å². The average Bonchev–Trinajstić information content (AvgIpc) is 3.49. The van der Waals surface area contributed by atoms with Crippen LogP contribution in [0, 0.1) is 0 Å². The van der Waals surface area contributed by atoms with Gasteiger partial charge in [-0.05, 0) is 30.9 Å². The minimum atomic E-state index is -4.11. The predicted octanol–water partition coefficient (Wildman–Crippen LogP) is 4.45. The lowest BCUT2D eigenvalue weighted by Crippen LogP contribution is -2.43. The van der Waals surface area contributed by atoms with Gasteiger partial charge in [0.2, 0.25) is 0 Å². The summed E-state index contributed by atoms with van der Waals surface area (Å²) in [5.74, 6) is 0. The molecule has 29 heavy (non-hydrogen) atoms. The van der Waals surface area contributed by atoms with Gasteiger partial charge >= 0.3 is 6.18 Å². The second kappa shape index (κ2) is 8.40. The molecule has 0 radical (unpaired) electrons. The van der Waals surface area contributed by atoms with Crippen molar-refractivity contribution in [1.29, 1.82) is 0 Å². The van der Waals surface area contributed by atoms with Crippen LogP contribution in [0.2, 0.25) is 0 Å². The maximum atomic E-state index is 12.6. The summed E-state index contributed by atoms with van der Waals surface area (Å²) in [7, 11) is 0. The van der Waals surface area contributed by atoms with Crippen molar-refractivity contribution in [3.8, 4) is 0 Å². The molecular formula is C22H28F3N3O. The number of halogens is 3. The van der Waals surface area contributed by atoms with E-state index in [2.05, 4.69) is 22.9 Å². The number of nitrogens with zero attached hydrogens (tertiary/aromatic N) is 2. The van der Waals surface area contributed by atoms with Crippen molar-refractivity contribution in [3.63, 3.8) is 0 Å². The third-order valence-electron chi connectivity index (χ3n) is 5.73. The molecule has 1 atom stereocenters. The van der Waals surface area contributed by atoms with Gasteiger partial charge in [-0.3, -0.25) is 0 Å². The monoisotopic (exact) mass is 407 g/mol. The highest BCUT2D eigenvalue weighted by atomic mass is 19.4. The second-order valence-corrected chi connectivity index (χ2v) is 8.00. The fraction of sp³-hybridized carbons (Fsp3) is 0.545. The first-order valence-corrected chi connectivity index (χ1v) is 10.3. The normalized spacial score (nSPS) is 20.2. The van der Waals surface area contributed by atoms with Crippen molar-refractivity contribution in [3.05, 3.63) is 48.3 Å². The Morgan fingerprint density at radius 1 is 1.28 bits per heavy atom. The van der Waals surface area contributed by atoms with Gasteiger partial charge in [0.05, 0.1) is 6.61 Å². The third-order valence-corrected chi connectivity index (χ3v) is 5.73. The molecule has 1 N–H and O–H groups in total. The van der Waals surface area contributed by atoms with E-state index in [9.17, 15) is 13.2 Å². The van der Waals surface area contributed by atoms with Crippen molar-refractivity contribution in [1.82, 2.24) is 14.8 Å². The molecule has 1 aliphatic heterocycles. The van der Waals surface area contributed by atoms with Gasteiger partial charge in [0, 0.05) is 61.4 Å². The number of rotatable bonds is 8. The molecule has 1 saturated carbocycles. The number of fused-ring (bicyclic) bond motifs is 1. The molecule has 0 amide bonds. The molecule has 2 aliphatic rings. The molecule has 2 aromatic rings. The fourth-order valence-electron chi connectivity index (χ4n) is 4.08. The average molecular weight is 407 g/mol. The molecule has 7 heteroatoms. The number of benzene rings is 1. The molecule has 4 rings (SSSR count). The first-order valence-electron chi connectivity index (χ1n) is 10.3. The van der Waals surface area contributed by atoms with Crippen molar-refractivity contribution in [2.75, 3.05) is 19.7 Å². The van der Waals surface area contributed by atoms with E-state index in [1.807, 2.05) is 29.0 Å². The summed E-state index contributed by atoms with van der Waals surface area (Å²) in [6, 6.07) is 8.43. The number of hydrogen-bond acceptors (Lipinski definition) is 3. The van der Waals surface area contributed by atoms with Crippen molar-refractivity contribution in [2.45, 2.75) is 57.1 Å².